The van der Waals surface area contributed by atoms with E-state index in [4.69, 9.17) is 4.42 Å². The Morgan fingerprint density at radius 2 is 1.00 bits per heavy atom. The molecule has 0 aliphatic rings. The molecule has 0 saturated carbocycles. The zero-order valence-electron chi connectivity index (χ0n) is 32.0. The molecular weight excluding hydrogens is 735 g/mol. The fraction of sp³-hybridized carbons (Fsp3) is 0. The number of nitrogens with zero attached hydrogens (tertiary/aromatic N) is 1. The summed E-state index contributed by atoms with van der Waals surface area (Å²) < 4.78 is 9.39. The predicted octanol–water partition coefficient (Wildman–Crippen LogP) is 16.7. The topological polar surface area (TPSA) is 16.4 Å². The molecule has 12 aromatic rings. The minimum atomic E-state index is 0.874. The molecule has 12 rings (SSSR count). The molecule has 0 radical (unpaired) electrons. The largest absolute Gasteiger partial charge is 0.455 e. The average molecular weight is 770 g/mol. The van der Waals surface area contributed by atoms with E-state index in [1.807, 2.05) is 11.3 Å². The highest BCUT2D eigenvalue weighted by Gasteiger charge is 2.23. The summed E-state index contributed by atoms with van der Waals surface area (Å²) in [4.78, 5) is 2.41. The lowest BCUT2D eigenvalue weighted by Gasteiger charge is -2.27. The highest BCUT2D eigenvalue weighted by atomic mass is 32.1. The smallest absolute Gasteiger partial charge is 0.145 e. The van der Waals surface area contributed by atoms with Crippen molar-refractivity contribution in [2.75, 3.05) is 4.90 Å². The molecule has 0 spiro atoms. The molecule has 0 bridgehead atoms. The van der Waals surface area contributed by atoms with Crippen LogP contribution in [0.1, 0.15) is 0 Å². The molecule has 2 nitrogen and oxygen atoms in total. The summed E-state index contributed by atoms with van der Waals surface area (Å²) >= 11 is 1.88. The Labute approximate surface area is 345 Å². The minimum absolute atomic E-state index is 0.874. The molecule has 0 atom stereocenters. The van der Waals surface area contributed by atoms with Crippen LogP contribution in [0.25, 0.3) is 97.0 Å². The zero-order chi connectivity index (χ0) is 38.9. The third kappa shape index (κ3) is 5.47. The Balaban J connectivity index is 1.06. The fourth-order valence-electron chi connectivity index (χ4n) is 9.13. The molecule has 0 amide bonds. The highest BCUT2D eigenvalue weighted by Crippen LogP contribution is 2.48. The SMILES string of the molecule is c1ccc(-c2ccc(N(c3ccc(-c4cccc5sc6c(-c7ccccc7)cccc6c45)cc3)c3ccc4c(ccc5ccccc54)c3)c3c2oc2ccccc23)cc1. The zero-order valence-corrected chi connectivity index (χ0v) is 32.8. The first-order valence-corrected chi connectivity index (χ1v) is 20.9. The van der Waals surface area contributed by atoms with E-state index in [1.165, 1.54) is 64.0 Å². The maximum Gasteiger partial charge on any atom is 0.145 e. The van der Waals surface area contributed by atoms with E-state index in [9.17, 15) is 0 Å². The van der Waals surface area contributed by atoms with Crippen molar-refractivity contribution in [2.45, 2.75) is 0 Å². The van der Waals surface area contributed by atoms with Gasteiger partial charge in [0.1, 0.15) is 11.2 Å². The van der Waals surface area contributed by atoms with Crippen LogP contribution in [-0.4, -0.2) is 0 Å². The molecule has 59 heavy (non-hydrogen) atoms. The van der Waals surface area contributed by atoms with Gasteiger partial charge in [0.05, 0.1) is 11.1 Å². The number of benzene rings is 10. The molecule has 276 valence electrons. The summed E-state index contributed by atoms with van der Waals surface area (Å²) in [7, 11) is 0. The summed E-state index contributed by atoms with van der Waals surface area (Å²) in [5.41, 5.74) is 12.1. The normalized spacial score (nSPS) is 11.7. The Morgan fingerprint density at radius 1 is 0.373 bits per heavy atom. The van der Waals surface area contributed by atoms with Gasteiger partial charge in [-0.15, -0.1) is 11.3 Å². The van der Waals surface area contributed by atoms with Crippen molar-refractivity contribution < 1.29 is 4.42 Å². The molecule has 2 aromatic heterocycles. The Morgan fingerprint density at radius 3 is 1.83 bits per heavy atom. The van der Waals surface area contributed by atoms with Gasteiger partial charge >= 0.3 is 0 Å². The van der Waals surface area contributed by atoms with E-state index in [2.05, 4.69) is 217 Å². The van der Waals surface area contributed by atoms with Gasteiger partial charge in [-0.3, -0.25) is 0 Å². The van der Waals surface area contributed by atoms with Crippen LogP contribution in [0.15, 0.2) is 217 Å². The van der Waals surface area contributed by atoms with Crippen molar-refractivity contribution in [2.24, 2.45) is 0 Å². The predicted molar refractivity (Wildman–Crippen MR) is 253 cm³/mol. The van der Waals surface area contributed by atoms with Crippen LogP contribution in [0.5, 0.6) is 0 Å². The van der Waals surface area contributed by atoms with Crippen molar-refractivity contribution in [1.82, 2.24) is 0 Å². The van der Waals surface area contributed by atoms with E-state index in [0.29, 0.717) is 0 Å². The van der Waals surface area contributed by atoms with Gasteiger partial charge in [0.25, 0.3) is 0 Å². The van der Waals surface area contributed by atoms with Crippen molar-refractivity contribution in [3.05, 3.63) is 212 Å². The number of fused-ring (bicyclic) bond motifs is 9. The second-order valence-corrected chi connectivity index (χ2v) is 16.3. The van der Waals surface area contributed by atoms with E-state index in [0.717, 1.165) is 50.1 Å². The van der Waals surface area contributed by atoms with Gasteiger partial charge in [0.15, 0.2) is 0 Å². The molecule has 0 fully saturated rings. The van der Waals surface area contributed by atoms with Gasteiger partial charge < -0.3 is 9.32 Å². The molecule has 0 saturated heterocycles. The first-order valence-electron chi connectivity index (χ1n) is 20.1. The molecule has 10 aromatic carbocycles. The number of hydrogen-bond acceptors (Lipinski definition) is 3. The van der Waals surface area contributed by atoms with E-state index < -0.39 is 0 Å². The maximum absolute atomic E-state index is 6.78. The minimum Gasteiger partial charge on any atom is -0.455 e. The first-order chi connectivity index (χ1) is 29.3. The molecule has 0 aliphatic carbocycles. The second kappa shape index (κ2) is 13.6. The first kappa shape index (κ1) is 33.7. The van der Waals surface area contributed by atoms with Gasteiger partial charge in [0, 0.05) is 42.5 Å². The maximum atomic E-state index is 6.78. The third-order valence-electron chi connectivity index (χ3n) is 11.9. The number of para-hydroxylation sites is 1. The fourth-order valence-corrected chi connectivity index (χ4v) is 10.4. The van der Waals surface area contributed by atoms with Gasteiger partial charge in [-0.2, -0.15) is 0 Å². The summed E-state index contributed by atoms with van der Waals surface area (Å²) in [5.74, 6) is 0. The van der Waals surface area contributed by atoms with Crippen LogP contribution in [-0.2, 0) is 0 Å². The lowest BCUT2D eigenvalue weighted by molar-refractivity contribution is 0.670. The van der Waals surface area contributed by atoms with Crippen LogP contribution >= 0.6 is 11.3 Å². The monoisotopic (exact) mass is 769 g/mol. The summed E-state index contributed by atoms with van der Waals surface area (Å²) in [6.45, 7) is 0. The number of rotatable bonds is 6. The van der Waals surface area contributed by atoms with Gasteiger partial charge in [-0.1, -0.05) is 164 Å². The Kier molecular flexibility index (Phi) is 7.75. The molecular formula is C56H35NOS. The average Bonchev–Trinajstić information content (AvgIpc) is 3.89. The molecule has 2 heterocycles. The molecule has 0 unspecified atom stereocenters. The number of furan rings is 1. The van der Waals surface area contributed by atoms with Crippen LogP contribution in [0, 0.1) is 0 Å². The van der Waals surface area contributed by atoms with Crippen LogP contribution in [0.3, 0.4) is 0 Å². The van der Waals surface area contributed by atoms with Crippen LogP contribution in [0.2, 0.25) is 0 Å². The summed E-state index contributed by atoms with van der Waals surface area (Å²) in [6, 6.07) is 76.8. The van der Waals surface area contributed by atoms with Crippen molar-refractivity contribution in [3.8, 4) is 33.4 Å². The second-order valence-electron chi connectivity index (χ2n) is 15.2. The number of anilines is 3. The standard InChI is InChI=1S/C56H35NOS/c1-3-13-36(14-4-1)46-33-34-50(54-48-19-9-10-23-51(48)58-55(46)54)57(42-31-32-44-40(35-42)26-25-38-17-7-8-18-43(38)44)41-29-27-39(28-30-41)45-20-12-24-52-53(45)49-22-11-21-47(56(49)59-52)37-15-5-2-6-16-37/h1-35H. The molecule has 0 aliphatic heterocycles. The Bertz CT molecular complexity index is 3550. The lowest BCUT2D eigenvalue weighted by Crippen LogP contribution is -2.10. The van der Waals surface area contributed by atoms with E-state index in [-0.39, 0.29) is 0 Å². The molecule has 0 N–H and O–H groups in total. The number of thiophene rings is 1. The number of hydrogen-bond donors (Lipinski definition) is 0. The van der Waals surface area contributed by atoms with Crippen LogP contribution in [0.4, 0.5) is 17.1 Å². The van der Waals surface area contributed by atoms with E-state index in [1.54, 1.807) is 0 Å². The van der Waals surface area contributed by atoms with E-state index >= 15 is 0 Å². The highest BCUT2D eigenvalue weighted by molar-refractivity contribution is 7.26. The van der Waals surface area contributed by atoms with Crippen molar-refractivity contribution >= 4 is 92.1 Å². The van der Waals surface area contributed by atoms with Crippen LogP contribution < -0.4 is 4.90 Å². The Hall–Kier alpha value is -7.46. The van der Waals surface area contributed by atoms with Crippen molar-refractivity contribution in [1.29, 1.82) is 0 Å². The summed E-state index contributed by atoms with van der Waals surface area (Å²) in [6.07, 6.45) is 0. The van der Waals surface area contributed by atoms with Gasteiger partial charge in [-0.25, -0.2) is 0 Å². The summed E-state index contributed by atoms with van der Waals surface area (Å²) in [5, 5.41) is 9.73. The molecule has 3 heteroatoms. The quantitative estimate of drug-likeness (QED) is 0.157. The van der Waals surface area contributed by atoms with Gasteiger partial charge in [0.2, 0.25) is 0 Å². The van der Waals surface area contributed by atoms with Crippen molar-refractivity contribution in [3.63, 3.8) is 0 Å². The lowest BCUT2D eigenvalue weighted by atomic mass is 9.96. The third-order valence-corrected chi connectivity index (χ3v) is 13.1. The van der Waals surface area contributed by atoms with Gasteiger partial charge in [-0.05, 0) is 97.9 Å².